The summed E-state index contributed by atoms with van der Waals surface area (Å²) in [6, 6.07) is 9.88. The molecule has 0 radical (unpaired) electrons. The Bertz CT molecular complexity index is 1120. The van der Waals surface area contributed by atoms with Gasteiger partial charge < -0.3 is 14.5 Å². The molecule has 1 spiro atoms. The average Bonchev–Trinajstić information content (AvgIpc) is 3.31. The van der Waals surface area contributed by atoms with Crippen molar-refractivity contribution in [3.8, 4) is 0 Å². The predicted molar refractivity (Wildman–Crippen MR) is 98.9 cm³/mol. The van der Waals surface area contributed by atoms with Gasteiger partial charge in [-0.2, -0.15) is 0 Å². The summed E-state index contributed by atoms with van der Waals surface area (Å²) in [7, 11) is 0. The lowest BCUT2D eigenvalue weighted by atomic mass is 9.95. The Hall–Kier alpha value is -3.46. The molecule has 29 heavy (non-hydrogen) atoms. The molecule has 1 aromatic carbocycles. The Morgan fingerprint density at radius 3 is 2.72 bits per heavy atom. The van der Waals surface area contributed by atoms with Gasteiger partial charge in [-0.3, -0.25) is 14.9 Å². The third-order valence-electron chi connectivity index (χ3n) is 5.36. The van der Waals surface area contributed by atoms with Gasteiger partial charge in [0.1, 0.15) is 5.15 Å². The normalized spacial score (nSPS) is 22.4. The number of pyridine rings is 1. The first-order valence-electron chi connectivity index (χ1n) is 8.83. The van der Waals surface area contributed by atoms with Crippen molar-refractivity contribution >= 4 is 23.4 Å². The van der Waals surface area contributed by atoms with E-state index in [0.717, 1.165) is 5.56 Å². The number of halogens is 1. The number of aromatic nitrogens is 1. The van der Waals surface area contributed by atoms with E-state index in [2.05, 4.69) is 4.98 Å². The van der Waals surface area contributed by atoms with Gasteiger partial charge in [0, 0.05) is 31.4 Å². The van der Waals surface area contributed by atoms with Crippen LogP contribution in [0, 0.1) is 10.1 Å². The van der Waals surface area contributed by atoms with E-state index >= 15 is 0 Å². The molecule has 146 valence electrons. The lowest BCUT2D eigenvalue weighted by Gasteiger charge is -2.31. The van der Waals surface area contributed by atoms with Crippen LogP contribution < -0.4 is 0 Å². The summed E-state index contributed by atoms with van der Waals surface area (Å²) in [5.74, 6) is -1.35. The summed E-state index contributed by atoms with van der Waals surface area (Å²) in [5, 5.41) is 12.2. The predicted octanol–water partition coefficient (Wildman–Crippen LogP) is 1.90. The summed E-state index contributed by atoms with van der Waals surface area (Å²) in [4.78, 5) is 44.1. The van der Waals surface area contributed by atoms with E-state index in [4.69, 9.17) is 16.3 Å². The molecule has 2 aromatic rings. The number of ketones is 1. The first kappa shape index (κ1) is 17.6. The van der Waals surface area contributed by atoms with E-state index in [-0.39, 0.29) is 11.4 Å². The molecule has 3 aliphatic heterocycles. The van der Waals surface area contributed by atoms with Gasteiger partial charge in [-0.1, -0.05) is 35.9 Å². The molecule has 10 heteroatoms. The van der Waals surface area contributed by atoms with E-state index in [0.29, 0.717) is 30.4 Å². The fourth-order valence-electron chi connectivity index (χ4n) is 4.18. The molecule has 1 saturated heterocycles. The van der Waals surface area contributed by atoms with Gasteiger partial charge in [0.05, 0.1) is 10.5 Å². The molecule has 0 saturated carbocycles. The Morgan fingerprint density at radius 1 is 1.21 bits per heavy atom. The molecule has 9 nitrogen and oxygen atoms in total. The van der Waals surface area contributed by atoms with Crippen LogP contribution in [0.1, 0.15) is 21.5 Å². The lowest BCUT2D eigenvalue weighted by molar-refractivity contribution is -0.420. The maximum absolute atomic E-state index is 13.3. The number of Topliss-reactive ketones (excluding diaryl/α,β-unsaturated/α-hetero) is 1. The molecule has 5 rings (SSSR count). The van der Waals surface area contributed by atoms with Gasteiger partial charge in [-0.05, 0) is 17.7 Å². The van der Waals surface area contributed by atoms with Crippen molar-refractivity contribution in [1.29, 1.82) is 0 Å². The van der Waals surface area contributed by atoms with Gasteiger partial charge in [-0.15, -0.1) is 0 Å². The Kier molecular flexibility index (Phi) is 3.66. The standard InChI is InChI=1S/C19H13ClN4O5/c20-14-6-5-11(9-21-14)10-22-7-8-23-17(22)15(24(27)28)16(25)19(23)13-4-2-1-3-12(13)18(26)29-19/h1-6,9H,7-8,10H2. The van der Waals surface area contributed by atoms with E-state index in [1.807, 2.05) is 0 Å². The molecule has 1 unspecified atom stereocenters. The number of esters is 1. The smallest absolute Gasteiger partial charge is 0.358 e. The monoisotopic (exact) mass is 412 g/mol. The van der Waals surface area contributed by atoms with Crippen molar-refractivity contribution in [2.75, 3.05) is 13.1 Å². The minimum Gasteiger partial charge on any atom is -0.422 e. The largest absolute Gasteiger partial charge is 0.422 e. The topological polar surface area (TPSA) is 106 Å². The zero-order valence-corrected chi connectivity index (χ0v) is 15.6. The van der Waals surface area contributed by atoms with E-state index in [1.54, 1.807) is 47.5 Å². The fourth-order valence-corrected chi connectivity index (χ4v) is 4.29. The molecule has 0 amide bonds. The summed E-state index contributed by atoms with van der Waals surface area (Å²) in [5.41, 5.74) is -1.04. The van der Waals surface area contributed by atoms with Crippen molar-refractivity contribution in [2.45, 2.75) is 12.3 Å². The number of hydrogen-bond donors (Lipinski definition) is 0. The Balaban J connectivity index is 1.61. The van der Waals surface area contributed by atoms with Crippen molar-refractivity contribution in [3.05, 3.63) is 86.1 Å². The highest BCUT2D eigenvalue weighted by Gasteiger charge is 2.68. The molecule has 0 aliphatic carbocycles. The zero-order valence-electron chi connectivity index (χ0n) is 14.9. The van der Waals surface area contributed by atoms with E-state index < -0.39 is 28.1 Å². The number of nitro groups is 1. The van der Waals surface area contributed by atoms with Crippen LogP contribution in [0.15, 0.2) is 54.1 Å². The second kappa shape index (κ2) is 6.02. The molecular weight excluding hydrogens is 400 g/mol. The quantitative estimate of drug-likeness (QED) is 0.326. The SMILES string of the molecule is O=C1OC2(C(=O)C([N+](=O)[O-])=C3N(Cc4ccc(Cl)nc4)CCN32)c2ccccc21. The second-order valence-corrected chi connectivity index (χ2v) is 7.29. The van der Waals surface area contributed by atoms with Crippen molar-refractivity contribution in [1.82, 2.24) is 14.8 Å². The Labute approximate surface area is 169 Å². The van der Waals surface area contributed by atoms with Gasteiger partial charge in [0.15, 0.2) is 5.82 Å². The highest BCUT2D eigenvalue weighted by Crippen LogP contribution is 2.50. The molecule has 0 N–H and O–H groups in total. The van der Waals surface area contributed by atoms with Crippen LogP contribution in [0.3, 0.4) is 0 Å². The van der Waals surface area contributed by atoms with Crippen LogP contribution >= 0.6 is 11.6 Å². The van der Waals surface area contributed by atoms with Crippen LogP contribution in [0.4, 0.5) is 0 Å². The minimum atomic E-state index is -1.82. The first-order chi connectivity index (χ1) is 13.9. The summed E-state index contributed by atoms with van der Waals surface area (Å²) in [6.07, 6.45) is 1.58. The van der Waals surface area contributed by atoms with Gasteiger partial charge in [0.25, 0.3) is 5.72 Å². The fraction of sp³-hybridized carbons (Fsp3) is 0.211. The summed E-state index contributed by atoms with van der Waals surface area (Å²) in [6.45, 7) is 1.01. The van der Waals surface area contributed by atoms with Crippen LogP contribution in [0.2, 0.25) is 5.15 Å². The average molecular weight is 413 g/mol. The number of carbonyl (C=O) groups excluding carboxylic acids is 2. The molecule has 0 bridgehead atoms. The van der Waals surface area contributed by atoms with Crippen LogP contribution in [-0.4, -0.2) is 44.5 Å². The number of nitrogens with zero attached hydrogens (tertiary/aromatic N) is 4. The third kappa shape index (κ3) is 2.31. The van der Waals surface area contributed by atoms with Gasteiger partial charge >= 0.3 is 17.4 Å². The summed E-state index contributed by atoms with van der Waals surface area (Å²) >= 11 is 5.82. The van der Waals surface area contributed by atoms with Gasteiger partial charge in [0.2, 0.25) is 0 Å². The molecule has 1 fully saturated rings. The zero-order chi connectivity index (χ0) is 20.3. The number of hydrogen-bond acceptors (Lipinski definition) is 8. The molecule has 1 atom stereocenters. The van der Waals surface area contributed by atoms with Crippen LogP contribution in [0.25, 0.3) is 0 Å². The van der Waals surface area contributed by atoms with E-state index in [1.165, 1.54) is 4.90 Å². The number of rotatable bonds is 3. The van der Waals surface area contributed by atoms with Crippen molar-refractivity contribution in [2.24, 2.45) is 0 Å². The van der Waals surface area contributed by atoms with Gasteiger partial charge in [-0.25, -0.2) is 9.78 Å². The van der Waals surface area contributed by atoms with E-state index in [9.17, 15) is 19.7 Å². The van der Waals surface area contributed by atoms with Crippen LogP contribution in [0.5, 0.6) is 0 Å². The minimum absolute atomic E-state index is 0.152. The highest BCUT2D eigenvalue weighted by atomic mass is 35.5. The summed E-state index contributed by atoms with van der Waals surface area (Å²) < 4.78 is 5.54. The van der Waals surface area contributed by atoms with Crippen molar-refractivity contribution in [3.63, 3.8) is 0 Å². The maximum Gasteiger partial charge on any atom is 0.358 e. The maximum atomic E-state index is 13.3. The molecular formula is C19H13ClN4O5. The molecule has 4 heterocycles. The number of ether oxygens (including phenoxy) is 1. The van der Waals surface area contributed by atoms with Crippen molar-refractivity contribution < 1.29 is 19.2 Å². The van der Waals surface area contributed by atoms with Crippen LogP contribution in [-0.2, 0) is 21.8 Å². The number of fused-ring (bicyclic) bond motifs is 4. The lowest BCUT2D eigenvalue weighted by Crippen LogP contribution is -2.46. The molecule has 1 aromatic heterocycles. The molecule has 3 aliphatic rings. The number of carbonyl (C=O) groups is 2. The second-order valence-electron chi connectivity index (χ2n) is 6.90. The third-order valence-corrected chi connectivity index (χ3v) is 5.58. The highest BCUT2D eigenvalue weighted by molar-refractivity contribution is 6.29. The Morgan fingerprint density at radius 2 is 2.00 bits per heavy atom. The first-order valence-corrected chi connectivity index (χ1v) is 9.20. The number of benzene rings is 1.